The minimum Gasteiger partial charge on any atom is -0.457 e. The molecule has 30 heavy (non-hydrogen) atoms. The number of imidazole rings is 1. The molecule has 0 saturated carbocycles. The Kier molecular flexibility index (Phi) is 6.44. The van der Waals surface area contributed by atoms with Crippen LogP contribution in [0.2, 0.25) is 0 Å². The number of piperazine rings is 1. The first-order chi connectivity index (χ1) is 14.7. The molecule has 1 amide bonds. The molecular weight excluding hydrogens is 376 g/mol. The van der Waals surface area contributed by atoms with Gasteiger partial charge in [-0.15, -0.1) is 0 Å². The largest absolute Gasteiger partial charge is 0.457 e. The van der Waals surface area contributed by atoms with E-state index in [1.165, 1.54) is 0 Å². The van der Waals surface area contributed by atoms with E-state index in [2.05, 4.69) is 21.4 Å². The summed E-state index contributed by atoms with van der Waals surface area (Å²) in [6.07, 6.45) is 4.85. The van der Waals surface area contributed by atoms with Crippen LogP contribution in [0.25, 0.3) is 0 Å². The van der Waals surface area contributed by atoms with Crippen LogP contribution in [0.1, 0.15) is 23.1 Å². The average Bonchev–Trinajstić information content (AvgIpc) is 3.26. The topological polar surface area (TPSA) is 50.6 Å². The number of amides is 1. The molecule has 0 unspecified atom stereocenters. The van der Waals surface area contributed by atoms with Crippen molar-refractivity contribution < 1.29 is 9.53 Å². The average molecular weight is 405 g/mol. The Labute approximate surface area is 177 Å². The van der Waals surface area contributed by atoms with Crippen LogP contribution in [0, 0.1) is 0 Å². The van der Waals surface area contributed by atoms with Gasteiger partial charge in [0.15, 0.2) is 0 Å². The third-order valence-electron chi connectivity index (χ3n) is 5.52. The summed E-state index contributed by atoms with van der Waals surface area (Å²) < 4.78 is 8.19. The summed E-state index contributed by atoms with van der Waals surface area (Å²) in [5, 5.41) is 0. The molecule has 4 rings (SSSR count). The summed E-state index contributed by atoms with van der Waals surface area (Å²) in [5.74, 6) is 2.49. The van der Waals surface area contributed by atoms with Crippen molar-refractivity contribution in [2.45, 2.75) is 19.9 Å². The van der Waals surface area contributed by atoms with Crippen LogP contribution < -0.4 is 4.74 Å². The van der Waals surface area contributed by atoms with Crippen LogP contribution in [0.15, 0.2) is 67.0 Å². The number of hydrogen-bond donors (Lipinski definition) is 0. The molecule has 1 saturated heterocycles. The molecule has 0 atom stereocenters. The number of hydrogen-bond acceptors (Lipinski definition) is 4. The lowest BCUT2D eigenvalue weighted by molar-refractivity contribution is 0.0630. The Hall–Kier alpha value is -3.12. The van der Waals surface area contributed by atoms with Crippen LogP contribution >= 0.6 is 0 Å². The predicted octanol–water partition coefficient (Wildman–Crippen LogP) is 3.70. The van der Waals surface area contributed by atoms with E-state index in [1.54, 1.807) is 0 Å². The fourth-order valence-corrected chi connectivity index (χ4v) is 3.80. The number of aryl methyl sites for hydroxylation is 1. The molecule has 1 aliphatic rings. The van der Waals surface area contributed by atoms with Crippen molar-refractivity contribution >= 4 is 5.91 Å². The second kappa shape index (κ2) is 9.59. The summed E-state index contributed by atoms with van der Waals surface area (Å²) in [6.45, 7) is 7.24. The Balaban J connectivity index is 1.34. The molecule has 1 fully saturated rings. The number of aromatic nitrogens is 2. The number of benzene rings is 2. The van der Waals surface area contributed by atoms with Crippen molar-refractivity contribution in [3.63, 3.8) is 0 Å². The Morgan fingerprint density at radius 1 is 0.967 bits per heavy atom. The van der Waals surface area contributed by atoms with Crippen LogP contribution in [-0.2, 0) is 13.0 Å². The van der Waals surface area contributed by atoms with Crippen molar-refractivity contribution in [3.05, 3.63) is 78.4 Å². The number of ether oxygens (including phenoxy) is 1. The van der Waals surface area contributed by atoms with Crippen molar-refractivity contribution in [1.82, 2.24) is 19.4 Å². The third-order valence-corrected chi connectivity index (χ3v) is 5.52. The molecule has 2 heterocycles. The fraction of sp³-hybridized carbons (Fsp3) is 0.333. The molecule has 0 aliphatic carbocycles. The zero-order valence-electron chi connectivity index (χ0n) is 17.4. The van der Waals surface area contributed by atoms with E-state index in [0.29, 0.717) is 11.3 Å². The van der Waals surface area contributed by atoms with Gasteiger partial charge in [-0.2, -0.15) is 0 Å². The van der Waals surface area contributed by atoms with Crippen LogP contribution in [0.3, 0.4) is 0 Å². The minimum atomic E-state index is 0.0315. The highest BCUT2D eigenvalue weighted by molar-refractivity contribution is 5.97. The number of rotatable bonds is 7. The van der Waals surface area contributed by atoms with Gasteiger partial charge in [0, 0.05) is 58.1 Å². The lowest BCUT2D eigenvalue weighted by Gasteiger charge is -2.35. The number of carbonyl (C=O) groups excluding carboxylic acids is 1. The molecule has 2 aromatic carbocycles. The van der Waals surface area contributed by atoms with E-state index in [9.17, 15) is 4.79 Å². The van der Waals surface area contributed by atoms with Crippen molar-refractivity contribution in [1.29, 1.82) is 0 Å². The normalized spacial score (nSPS) is 14.6. The first kappa shape index (κ1) is 20.2. The van der Waals surface area contributed by atoms with Gasteiger partial charge in [-0.05, 0) is 24.3 Å². The number of carbonyl (C=O) groups is 1. The smallest absolute Gasteiger partial charge is 0.257 e. The number of para-hydroxylation sites is 2. The maximum absolute atomic E-state index is 13.2. The standard InChI is InChI=1S/C24H28N4O2/c1-2-23-25-12-13-27(23)17-14-26-15-18-28(19-16-26)24(29)21-10-6-7-11-22(21)30-20-8-4-3-5-9-20/h3-13H,2,14-19H2,1H3. The molecule has 1 aliphatic heterocycles. The summed E-state index contributed by atoms with van der Waals surface area (Å²) in [5.41, 5.74) is 0.612. The molecule has 0 N–H and O–H groups in total. The molecule has 1 aromatic heterocycles. The minimum absolute atomic E-state index is 0.0315. The molecule has 6 nitrogen and oxygen atoms in total. The lowest BCUT2D eigenvalue weighted by Crippen LogP contribution is -2.49. The lowest BCUT2D eigenvalue weighted by atomic mass is 10.1. The van der Waals surface area contributed by atoms with E-state index >= 15 is 0 Å². The zero-order valence-corrected chi connectivity index (χ0v) is 17.4. The number of nitrogens with zero attached hydrogens (tertiary/aromatic N) is 4. The second-order valence-electron chi connectivity index (χ2n) is 7.44. The van der Waals surface area contributed by atoms with Gasteiger partial charge in [0.2, 0.25) is 0 Å². The van der Waals surface area contributed by atoms with Crippen molar-refractivity contribution in [3.8, 4) is 11.5 Å². The monoisotopic (exact) mass is 404 g/mol. The third kappa shape index (κ3) is 4.71. The molecule has 156 valence electrons. The van der Waals surface area contributed by atoms with Crippen molar-refractivity contribution in [2.24, 2.45) is 0 Å². The van der Waals surface area contributed by atoms with Gasteiger partial charge < -0.3 is 14.2 Å². The summed E-state index contributed by atoms with van der Waals surface area (Å²) in [6, 6.07) is 17.1. The fourth-order valence-electron chi connectivity index (χ4n) is 3.80. The first-order valence-electron chi connectivity index (χ1n) is 10.6. The second-order valence-corrected chi connectivity index (χ2v) is 7.44. The Morgan fingerprint density at radius 3 is 2.47 bits per heavy atom. The van der Waals surface area contributed by atoms with Gasteiger partial charge in [0.1, 0.15) is 17.3 Å². The van der Waals surface area contributed by atoms with Gasteiger partial charge in [0.25, 0.3) is 5.91 Å². The maximum atomic E-state index is 13.2. The molecular formula is C24H28N4O2. The van der Waals surface area contributed by atoms with E-state index in [4.69, 9.17) is 4.74 Å². The van der Waals surface area contributed by atoms with Gasteiger partial charge in [-0.3, -0.25) is 9.69 Å². The van der Waals surface area contributed by atoms with E-state index in [-0.39, 0.29) is 5.91 Å². The zero-order chi connectivity index (χ0) is 20.8. The van der Waals surface area contributed by atoms with Gasteiger partial charge in [-0.1, -0.05) is 37.3 Å². The molecule has 6 heteroatoms. The van der Waals surface area contributed by atoms with Gasteiger partial charge in [0.05, 0.1) is 5.56 Å². The molecule has 0 bridgehead atoms. The summed E-state index contributed by atoms with van der Waals surface area (Å²) in [4.78, 5) is 21.9. The van der Waals surface area contributed by atoms with Crippen molar-refractivity contribution in [2.75, 3.05) is 32.7 Å². The van der Waals surface area contributed by atoms with E-state index in [0.717, 1.165) is 57.3 Å². The highest BCUT2D eigenvalue weighted by Gasteiger charge is 2.24. The van der Waals surface area contributed by atoms with E-state index < -0.39 is 0 Å². The predicted molar refractivity (Wildman–Crippen MR) is 117 cm³/mol. The quantitative estimate of drug-likeness (QED) is 0.603. The first-order valence-corrected chi connectivity index (χ1v) is 10.6. The van der Waals surface area contributed by atoms with Gasteiger partial charge in [-0.25, -0.2) is 4.98 Å². The van der Waals surface area contributed by atoms with Crippen LogP contribution in [0.5, 0.6) is 11.5 Å². The Bertz CT molecular complexity index is 962. The van der Waals surface area contributed by atoms with E-state index in [1.807, 2.05) is 71.9 Å². The highest BCUT2D eigenvalue weighted by Crippen LogP contribution is 2.26. The molecule has 0 radical (unpaired) electrons. The molecule has 3 aromatic rings. The molecule has 0 spiro atoms. The van der Waals surface area contributed by atoms with Gasteiger partial charge >= 0.3 is 0 Å². The summed E-state index contributed by atoms with van der Waals surface area (Å²) >= 11 is 0. The Morgan fingerprint density at radius 2 is 1.70 bits per heavy atom. The maximum Gasteiger partial charge on any atom is 0.257 e. The summed E-state index contributed by atoms with van der Waals surface area (Å²) in [7, 11) is 0. The van der Waals surface area contributed by atoms with Crippen LogP contribution in [0.4, 0.5) is 0 Å². The van der Waals surface area contributed by atoms with Crippen LogP contribution in [-0.4, -0.2) is 58.0 Å². The highest BCUT2D eigenvalue weighted by atomic mass is 16.5. The SMILES string of the molecule is CCc1nccn1CCN1CCN(C(=O)c2ccccc2Oc2ccccc2)CC1.